The predicted octanol–water partition coefficient (Wildman–Crippen LogP) is 5.20. The molecule has 0 radical (unpaired) electrons. The monoisotopic (exact) mass is 347 g/mol. The van der Waals surface area contributed by atoms with E-state index >= 15 is 0 Å². The van der Waals surface area contributed by atoms with E-state index in [9.17, 15) is 0 Å². The fourth-order valence-corrected chi connectivity index (χ4v) is 3.18. The summed E-state index contributed by atoms with van der Waals surface area (Å²) in [7, 11) is 1.70. The van der Waals surface area contributed by atoms with E-state index in [4.69, 9.17) is 16.3 Å². The molecule has 108 valence electrons. The van der Waals surface area contributed by atoms with Crippen molar-refractivity contribution in [1.82, 2.24) is 5.32 Å². The van der Waals surface area contributed by atoms with Crippen LogP contribution in [0.15, 0.2) is 16.6 Å². The highest BCUT2D eigenvalue weighted by Crippen LogP contribution is 2.39. The van der Waals surface area contributed by atoms with Crippen molar-refractivity contribution in [2.24, 2.45) is 5.92 Å². The van der Waals surface area contributed by atoms with Gasteiger partial charge in [-0.2, -0.15) is 0 Å². The fraction of sp³-hybridized carbons (Fsp3) is 0.600. The summed E-state index contributed by atoms with van der Waals surface area (Å²) in [4.78, 5) is 0. The van der Waals surface area contributed by atoms with Gasteiger partial charge < -0.3 is 10.1 Å². The first-order chi connectivity index (χ1) is 9.04. The van der Waals surface area contributed by atoms with Crippen molar-refractivity contribution in [1.29, 1.82) is 0 Å². The lowest BCUT2D eigenvalue weighted by atomic mass is 9.91. The zero-order valence-corrected chi connectivity index (χ0v) is 14.4. The molecule has 2 atom stereocenters. The number of methoxy groups -OCH3 is 1. The van der Waals surface area contributed by atoms with Crippen molar-refractivity contribution in [2.45, 2.75) is 39.7 Å². The fourth-order valence-electron chi connectivity index (χ4n) is 2.18. The van der Waals surface area contributed by atoms with Gasteiger partial charge in [0.1, 0.15) is 5.75 Å². The molecule has 0 aliphatic heterocycles. The van der Waals surface area contributed by atoms with Crippen LogP contribution in [0.1, 0.15) is 45.2 Å². The molecule has 0 aliphatic rings. The highest BCUT2D eigenvalue weighted by molar-refractivity contribution is 9.10. The molecule has 0 bridgehead atoms. The van der Waals surface area contributed by atoms with Crippen molar-refractivity contribution < 1.29 is 4.74 Å². The van der Waals surface area contributed by atoms with Gasteiger partial charge in [0.25, 0.3) is 0 Å². The topological polar surface area (TPSA) is 21.3 Å². The molecule has 0 aromatic heterocycles. The first-order valence-electron chi connectivity index (χ1n) is 6.81. The molecule has 0 spiro atoms. The Kier molecular flexibility index (Phi) is 7.19. The maximum Gasteiger partial charge on any atom is 0.137 e. The molecule has 0 aliphatic carbocycles. The number of benzene rings is 1. The molecule has 1 N–H and O–H groups in total. The molecule has 0 saturated heterocycles. The third kappa shape index (κ3) is 4.37. The summed E-state index contributed by atoms with van der Waals surface area (Å²) < 4.78 is 6.45. The molecule has 4 heteroatoms. The van der Waals surface area contributed by atoms with Gasteiger partial charge in [0.2, 0.25) is 0 Å². The molecule has 2 unspecified atom stereocenters. The van der Waals surface area contributed by atoms with Gasteiger partial charge in [-0.15, -0.1) is 0 Å². The van der Waals surface area contributed by atoms with Crippen molar-refractivity contribution in [2.75, 3.05) is 13.7 Å². The molecule has 1 rings (SSSR count). The van der Waals surface area contributed by atoms with E-state index in [0.717, 1.165) is 40.2 Å². The zero-order chi connectivity index (χ0) is 14.4. The van der Waals surface area contributed by atoms with Gasteiger partial charge in [-0.3, -0.25) is 0 Å². The molecule has 1 aromatic carbocycles. The Morgan fingerprint density at radius 2 is 2.05 bits per heavy atom. The Balaban J connectivity index is 3.19. The van der Waals surface area contributed by atoms with Crippen LogP contribution in [-0.2, 0) is 0 Å². The minimum Gasteiger partial charge on any atom is -0.495 e. The summed E-state index contributed by atoms with van der Waals surface area (Å²) in [5.74, 6) is 1.39. The van der Waals surface area contributed by atoms with Crippen LogP contribution < -0.4 is 10.1 Å². The Morgan fingerprint density at radius 3 is 2.58 bits per heavy atom. The van der Waals surface area contributed by atoms with Gasteiger partial charge >= 0.3 is 0 Å². The van der Waals surface area contributed by atoms with Crippen LogP contribution in [0.2, 0.25) is 5.02 Å². The molecular weight excluding hydrogens is 326 g/mol. The van der Waals surface area contributed by atoms with Crippen LogP contribution in [0, 0.1) is 5.92 Å². The zero-order valence-electron chi connectivity index (χ0n) is 12.1. The van der Waals surface area contributed by atoms with Crippen LogP contribution in [0.5, 0.6) is 5.75 Å². The van der Waals surface area contributed by atoms with E-state index in [1.54, 1.807) is 7.11 Å². The predicted molar refractivity (Wildman–Crippen MR) is 86.2 cm³/mol. The Labute approximate surface area is 130 Å². The molecular formula is C15H23BrClNO. The van der Waals surface area contributed by atoms with Gasteiger partial charge in [-0.05, 0) is 46.9 Å². The number of hydrogen-bond acceptors (Lipinski definition) is 2. The summed E-state index contributed by atoms with van der Waals surface area (Å²) >= 11 is 9.72. The second kappa shape index (κ2) is 8.13. The third-order valence-electron chi connectivity index (χ3n) is 3.40. The number of rotatable bonds is 7. The van der Waals surface area contributed by atoms with Crippen molar-refractivity contribution in [3.8, 4) is 5.75 Å². The van der Waals surface area contributed by atoms with E-state index in [1.807, 2.05) is 12.1 Å². The average Bonchev–Trinajstić information content (AvgIpc) is 2.38. The normalized spacial score (nSPS) is 14.2. The second-order valence-electron chi connectivity index (χ2n) is 4.83. The lowest BCUT2D eigenvalue weighted by Crippen LogP contribution is -2.28. The van der Waals surface area contributed by atoms with Crippen LogP contribution in [0.4, 0.5) is 0 Å². The third-order valence-corrected chi connectivity index (χ3v) is 4.21. The quantitative estimate of drug-likeness (QED) is 0.731. The van der Waals surface area contributed by atoms with E-state index in [-0.39, 0.29) is 6.04 Å². The summed E-state index contributed by atoms with van der Waals surface area (Å²) in [5, 5.41) is 4.34. The average molecular weight is 349 g/mol. The van der Waals surface area contributed by atoms with E-state index < -0.39 is 0 Å². The first kappa shape index (κ1) is 16.8. The summed E-state index contributed by atoms with van der Waals surface area (Å²) in [6, 6.07) is 4.14. The SMILES string of the molecule is CCCNC(c1cc(Cl)cc(Br)c1OC)C(C)CC. The number of halogens is 2. The maximum absolute atomic E-state index is 6.19. The number of ether oxygens (including phenoxy) is 1. The van der Waals surface area contributed by atoms with E-state index in [1.165, 1.54) is 0 Å². The van der Waals surface area contributed by atoms with Crippen molar-refractivity contribution in [3.63, 3.8) is 0 Å². The van der Waals surface area contributed by atoms with Crippen LogP contribution >= 0.6 is 27.5 Å². The summed E-state index contributed by atoms with van der Waals surface area (Å²) in [6.07, 6.45) is 2.21. The molecule has 0 amide bonds. The smallest absolute Gasteiger partial charge is 0.137 e. The van der Waals surface area contributed by atoms with E-state index in [0.29, 0.717) is 5.92 Å². The van der Waals surface area contributed by atoms with Gasteiger partial charge in [0.05, 0.1) is 11.6 Å². The lowest BCUT2D eigenvalue weighted by Gasteiger charge is -2.27. The lowest BCUT2D eigenvalue weighted by molar-refractivity contribution is 0.350. The Morgan fingerprint density at radius 1 is 1.37 bits per heavy atom. The molecule has 0 saturated carbocycles. The molecule has 0 heterocycles. The number of hydrogen-bond donors (Lipinski definition) is 1. The molecule has 0 fully saturated rings. The highest BCUT2D eigenvalue weighted by atomic mass is 79.9. The molecule has 1 aromatic rings. The maximum atomic E-state index is 6.19. The van der Waals surface area contributed by atoms with Gasteiger partial charge in [0, 0.05) is 16.6 Å². The first-order valence-corrected chi connectivity index (χ1v) is 7.98. The summed E-state index contributed by atoms with van der Waals surface area (Å²) in [6.45, 7) is 7.62. The minimum absolute atomic E-state index is 0.259. The van der Waals surface area contributed by atoms with Crippen molar-refractivity contribution in [3.05, 3.63) is 27.2 Å². The van der Waals surface area contributed by atoms with Crippen molar-refractivity contribution >= 4 is 27.5 Å². The van der Waals surface area contributed by atoms with Gasteiger partial charge in [-0.1, -0.05) is 38.8 Å². The molecule has 2 nitrogen and oxygen atoms in total. The Bertz CT molecular complexity index is 411. The Hall–Kier alpha value is -0.250. The van der Waals surface area contributed by atoms with Gasteiger partial charge in [0.15, 0.2) is 0 Å². The highest BCUT2D eigenvalue weighted by Gasteiger charge is 2.22. The second-order valence-corrected chi connectivity index (χ2v) is 6.12. The van der Waals surface area contributed by atoms with Gasteiger partial charge in [-0.25, -0.2) is 0 Å². The standard InChI is InChI=1S/C15H23BrClNO/c1-5-7-18-14(10(3)6-2)12-8-11(17)9-13(16)15(12)19-4/h8-10,14,18H,5-7H2,1-4H3. The van der Waals surface area contributed by atoms with Crippen LogP contribution in [-0.4, -0.2) is 13.7 Å². The minimum atomic E-state index is 0.259. The van der Waals surface area contributed by atoms with E-state index in [2.05, 4.69) is 42.0 Å². The largest absolute Gasteiger partial charge is 0.495 e. The number of nitrogens with one attached hydrogen (secondary N) is 1. The molecule has 19 heavy (non-hydrogen) atoms. The van der Waals surface area contributed by atoms with Crippen LogP contribution in [0.3, 0.4) is 0 Å². The van der Waals surface area contributed by atoms with Crippen LogP contribution in [0.25, 0.3) is 0 Å². The summed E-state index contributed by atoms with van der Waals surface area (Å²) in [5.41, 5.74) is 1.13.